The Labute approximate surface area is 110 Å². The number of hydrogen-bond donors (Lipinski definition) is 2. The maximum Gasteiger partial charge on any atom is 0.307 e. The van der Waals surface area contributed by atoms with Crippen LogP contribution in [0.1, 0.15) is 18.7 Å². The fourth-order valence-corrected chi connectivity index (χ4v) is 2.14. The van der Waals surface area contributed by atoms with E-state index in [-0.39, 0.29) is 12.5 Å². The fourth-order valence-electron chi connectivity index (χ4n) is 2.14. The third kappa shape index (κ3) is 3.18. The van der Waals surface area contributed by atoms with Crippen molar-refractivity contribution in [2.24, 2.45) is 18.9 Å². The van der Waals surface area contributed by atoms with Crippen molar-refractivity contribution in [2.45, 2.75) is 19.4 Å². The number of carboxylic acids is 1. The van der Waals surface area contributed by atoms with Crippen molar-refractivity contribution in [2.75, 3.05) is 0 Å². The number of rotatable bonds is 4. The number of amides is 1. The highest BCUT2D eigenvalue weighted by Crippen LogP contribution is 2.26. The second-order valence-electron chi connectivity index (χ2n) is 4.55. The van der Waals surface area contributed by atoms with Crippen LogP contribution in [0.3, 0.4) is 0 Å². The molecule has 102 valence electrons. The van der Waals surface area contributed by atoms with Crippen LogP contribution < -0.4 is 5.32 Å². The number of aromatic nitrogens is 3. The van der Waals surface area contributed by atoms with E-state index in [1.165, 1.54) is 0 Å². The Bertz CT molecular complexity index is 509. The average molecular weight is 264 g/mol. The van der Waals surface area contributed by atoms with Crippen LogP contribution in [0.5, 0.6) is 0 Å². The molecule has 0 bridgehead atoms. The summed E-state index contributed by atoms with van der Waals surface area (Å²) in [5.41, 5.74) is 0. The molecule has 1 aromatic rings. The quantitative estimate of drug-likeness (QED) is 0.752. The zero-order chi connectivity index (χ0) is 13.8. The third-order valence-electron chi connectivity index (χ3n) is 3.15. The van der Waals surface area contributed by atoms with Crippen LogP contribution in [0.25, 0.3) is 0 Å². The number of carbonyl (C=O) groups is 2. The molecule has 0 radical (unpaired) electrons. The summed E-state index contributed by atoms with van der Waals surface area (Å²) in [5, 5.41) is 15.8. The van der Waals surface area contributed by atoms with Crippen LogP contribution in [0.15, 0.2) is 18.5 Å². The van der Waals surface area contributed by atoms with E-state index < -0.39 is 17.8 Å². The lowest BCUT2D eigenvalue weighted by atomic mass is 9.82. The summed E-state index contributed by atoms with van der Waals surface area (Å²) in [5.74, 6) is -1.85. The SMILES string of the molecule is Cn1cnc(CNC(=O)[C@@H]2CC=CC[C@@H]2C(=O)O)n1. The zero-order valence-electron chi connectivity index (χ0n) is 10.6. The van der Waals surface area contributed by atoms with Gasteiger partial charge in [0.25, 0.3) is 0 Å². The summed E-state index contributed by atoms with van der Waals surface area (Å²) in [6.07, 6.45) is 6.06. The Kier molecular flexibility index (Phi) is 3.94. The molecule has 1 aliphatic rings. The minimum absolute atomic E-state index is 0.215. The topological polar surface area (TPSA) is 97.1 Å². The Balaban J connectivity index is 1.95. The molecule has 0 spiro atoms. The lowest BCUT2D eigenvalue weighted by Gasteiger charge is -2.23. The normalized spacial score (nSPS) is 22.2. The Hall–Kier alpha value is -2.18. The predicted molar refractivity (Wildman–Crippen MR) is 65.8 cm³/mol. The van der Waals surface area contributed by atoms with E-state index in [1.807, 2.05) is 12.2 Å². The molecule has 0 aliphatic heterocycles. The van der Waals surface area contributed by atoms with Gasteiger partial charge in [-0.2, -0.15) is 5.10 Å². The first kappa shape index (κ1) is 13.3. The number of allylic oxidation sites excluding steroid dienone is 2. The first-order valence-electron chi connectivity index (χ1n) is 6.08. The highest BCUT2D eigenvalue weighted by molar-refractivity contribution is 5.85. The number of nitrogens with zero attached hydrogens (tertiary/aromatic N) is 3. The van der Waals surface area contributed by atoms with Gasteiger partial charge < -0.3 is 10.4 Å². The van der Waals surface area contributed by atoms with Crippen LogP contribution in [0, 0.1) is 11.8 Å². The van der Waals surface area contributed by atoms with Crippen molar-refractivity contribution >= 4 is 11.9 Å². The van der Waals surface area contributed by atoms with Crippen molar-refractivity contribution in [3.8, 4) is 0 Å². The van der Waals surface area contributed by atoms with Gasteiger partial charge in [-0.05, 0) is 12.8 Å². The summed E-state index contributed by atoms with van der Waals surface area (Å²) in [6, 6.07) is 0. The molecule has 1 aliphatic carbocycles. The van der Waals surface area contributed by atoms with Gasteiger partial charge in [-0.15, -0.1) is 0 Å². The first-order chi connectivity index (χ1) is 9.08. The van der Waals surface area contributed by atoms with E-state index in [0.29, 0.717) is 18.7 Å². The molecule has 0 fully saturated rings. The minimum atomic E-state index is -0.930. The van der Waals surface area contributed by atoms with Crippen LogP contribution >= 0.6 is 0 Å². The Morgan fingerprint density at radius 1 is 1.42 bits per heavy atom. The molecule has 0 saturated carbocycles. The van der Waals surface area contributed by atoms with Crippen LogP contribution in [0.2, 0.25) is 0 Å². The van der Waals surface area contributed by atoms with Gasteiger partial charge in [0.1, 0.15) is 6.33 Å². The lowest BCUT2D eigenvalue weighted by molar-refractivity contribution is -0.147. The fraction of sp³-hybridized carbons (Fsp3) is 0.500. The molecule has 1 aromatic heterocycles. The number of aryl methyl sites for hydroxylation is 1. The van der Waals surface area contributed by atoms with Gasteiger partial charge in [0.15, 0.2) is 5.82 Å². The highest BCUT2D eigenvalue weighted by Gasteiger charge is 2.33. The molecule has 2 N–H and O–H groups in total. The number of nitrogens with one attached hydrogen (secondary N) is 1. The number of hydrogen-bond acceptors (Lipinski definition) is 4. The molecule has 1 amide bonds. The number of aliphatic carboxylic acids is 1. The maximum atomic E-state index is 12.0. The minimum Gasteiger partial charge on any atom is -0.481 e. The average Bonchev–Trinajstić information content (AvgIpc) is 2.81. The third-order valence-corrected chi connectivity index (χ3v) is 3.15. The van der Waals surface area contributed by atoms with Crippen molar-refractivity contribution in [3.05, 3.63) is 24.3 Å². The molecule has 2 rings (SSSR count). The Morgan fingerprint density at radius 3 is 2.68 bits per heavy atom. The van der Waals surface area contributed by atoms with Crippen LogP contribution in [0.4, 0.5) is 0 Å². The summed E-state index contributed by atoms with van der Waals surface area (Å²) in [4.78, 5) is 27.1. The molecule has 0 unspecified atom stereocenters. The van der Waals surface area contributed by atoms with E-state index in [2.05, 4.69) is 15.4 Å². The van der Waals surface area contributed by atoms with Crippen molar-refractivity contribution in [3.63, 3.8) is 0 Å². The monoisotopic (exact) mass is 264 g/mol. The van der Waals surface area contributed by atoms with Crippen LogP contribution in [-0.2, 0) is 23.2 Å². The second kappa shape index (κ2) is 5.64. The number of carbonyl (C=O) groups excluding carboxylic acids is 1. The molecule has 0 saturated heterocycles. The van der Waals surface area contributed by atoms with E-state index in [0.717, 1.165) is 0 Å². The van der Waals surface area contributed by atoms with Gasteiger partial charge in [0.05, 0.1) is 18.4 Å². The van der Waals surface area contributed by atoms with Crippen LogP contribution in [-0.4, -0.2) is 31.7 Å². The molecule has 7 heteroatoms. The lowest BCUT2D eigenvalue weighted by Crippen LogP contribution is -2.38. The molecule has 2 atom stereocenters. The zero-order valence-corrected chi connectivity index (χ0v) is 10.6. The van der Waals surface area contributed by atoms with Gasteiger partial charge in [0, 0.05) is 7.05 Å². The van der Waals surface area contributed by atoms with Crippen molar-refractivity contribution in [1.82, 2.24) is 20.1 Å². The second-order valence-corrected chi connectivity index (χ2v) is 4.55. The smallest absolute Gasteiger partial charge is 0.307 e. The first-order valence-corrected chi connectivity index (χ1v) is 6.08. The van der Waals surface area contributed by atoms with Gasteiger partial charge in [-0.25, -0.2) is 4.98 Å². The van der Waals surface area contributed by atoms with Crippen molar-refractivity contribution < 1.29 is 14.7 Å². The van der Waals surface area contributed by atoms with E-state index in [1.54, 1.807) is 18.1 Å². The standard InChI is InChI=1S/C12H16N4O3/c1-16-7-14-10(15-16)6-13-11(17)8-4-2-3-5-9(8)12(18)19/h2-3,7-9H,4-6H2,1H3,(H,13,17)(H,18,19)/t8-,9+/m1/s1. The van der Waals surface area contributed by atoms with Gasteiger partial charge in [0.2, 0.25) is 5.91 Å². The maximum absolute atomic E-state index is 12.0. The van der Waals surface area contributed by atoms with Crippen molar-refractivity contribution in [1.29, 1.82) is 0 Å². The summed E-state index contributed by atoms with van der Waals surface area (Å²) >= 11 is 0. The number of carboxylic acid groups (broad SMARTS) is 1. The molecule has 7 nitrogen and oxygen atoms in total. The summed E-state index contributed by atoms with van der Waals surface area (Å²) in [6.45, 7) is 0.215. The molecule has 19 heavy (non-hydrogen) atoms. The summed E-state index contributed by atoms with van der Waals surface area (Å²) < 4.78 is 1.55. The largest absolute Gasteiger partial charge is 0.481 e. The highest BCUT2D eigenvalue weighted by atomic mass is 16.4. The molecule has 1 heterocycles. The predicted octanol–water partition coefficient (Wildman–Crippen LogP) is 0.0983. The van der Waals surface area contributed by atoms with E-state index in [4.69, 9.17) is 5.11 Å². The Morgan fingerprint density at radius 2 is 2.11 bits per heavy atom. The van der Waals surface area contributed by atoms with Gasteiger partial charge in [-0.1, -0.05) is 12.2 Å². The molecular weight excluding hydrogens is 248 g/mol. The summed E-state index contributed by atoms with van der Waals surface area (Å²) in [7, 11) is 1.74. The van der Waals surface area contributed by atoms with Gasteiger partial charge in [-0.3, -0.25) is 14.3 Å². The molecule has 0 aromatic carbocycles. The van der Waals surface area contributed by atoms with E-state index >= 15 is 0 Å². The van der Waals surface area contributed by atoms with Gasteiger partial charge >= 0.3 is 5.97 Å². The van der Waals surface area contributed by atoms with E-state index in [9.17, 15) is 9.59 Å². The molecular formula is C12H16N4O3.